The number of nitrogens with one attached hydrogen (secondary N) is 1. The zero-order valence-electron chi connectivity index (χ0n) is 15.8. The first-order chi connectivity index (χ1) is 12.1. The third kappa shape index (κ3) is 6.15. The van der Waals surface area contributed by atoms with Crippen molar-refractivity contribution < 1.29 is 13.2 Å². The number of alkyl halides is 3. The molecule has 142 valence electrons. The van der Waals surface area contributed by atoms with Gasteiger partial charge in [-0.1, -0.05) is 50.2 Å². The highest BCUT2D eigenvalue weighted by Crippen LogP contribution is 2.31. The molecule has 26 heavy (non-hydrogen) atoms. The SMILES string of the molecule is CN(C)CC(C)(C)CNCc1ccc(-c2ccc(C(F)(F)F)cc2)cc1. The molecule has 5 heteroatoms. The van der Waals surface area contributed by atoms with Crippen molar-refractivity contribution in [1.29, 1.82) is 0 Å². The number of rotatable bonds is 7. The van der Waals surface area contributed by atoms with E-state index in [0.29, 0.717) is 0 Å². The van der Waals surface area contributed by atoms with Crippen LogP contribution in [0.2, 0.25) is 0 Å². The molecule has 1 N–H and O–H groups in total. The van der Waals surface area contributed by atoms with E-state index in [4.69, 9.17) is 0 Å². The van der Waals surface area contributed by atoms with Crippen LogP contribution in [0.1, 0.15) is 25.0 Å². The highest BCUT2D eigenvalue weighted by Gasteiger charge is 2.29. The lowest BCUT2D eigenvalue weighted by atomic mass is 9.93. The van der Waals surface area contributed by atoms with E-state index in [2.05, 4.69) is 38.2 Å². The topological polar surface area (TPSA) is 15.3 Å². The lowest BCUT2D eigenvalue weighted by Gasteiger charge is -2.28. The van der Waals surface area contributed by atoms with Crippen LogP contribution in [0.5, 0.6) is 0 Å². The quantitative estimate of drug-likeness (QED) is 0.740. The minimum absolute atomic E-state index is 0.184. The highest BCUT2D eigenvalue weighted by molar-refractivity contribution is 5.64. The minimum Gasteiger partial charge on any atom is -0.312 e. The standard InChI is InChI=1S/C21H27F3N2/c1-20(2,15-26(3)4)14-25-13-16-5-7-17(8-6-16)18-9-11-19(12-10-18)21(22,23)24/h5-12,25H,13-15H2,1-4H3. The zero-order chi connectivity index (χ0) is 19.4. The minimum atomic E-state index is -4.30. The largest absolute Gasteiger partial charge is 0.416 e. The number of hydrogen-bond donors (Lipinski definition) is 1. The molecule has 0 unspecified atom stereocenters. The van der Waals surface area contributed by atoms with Gasteiger partial charge in [-0.25, -0.2) is 0 Å². The monoisotopic (exact) mass is 364 g/mol. The van der Waals surface area contributed by atoms with Gasteiger partial charge in [0.1, 0.15) is 0 Å². The second-order valence-electron chi connectivity index (χ2n) is 7.78. The van der Waals surface area contributed by atoms with Crippen molar-refractivity contribution in [2.24, 2.45) is 5.41 Å². The molecule has 0 aliphatic heterocycles. The van der Waals surface area contributed by atoms with E-state index in [9.17, 15) is 13.2 Å². The molecule has 0 aliphatic carbocycles. The van der Waals surface area contributed by atoms with Gasteiger partial charge < -0.3 is 10.2 Å². The van der Waals surface area contributed by atoms with E-state index in [1.807, 2.05) is 24.3 Å². The van der Waals surface area contributed by atoms with Gasteiger partial charge in [0, 0.05) is 19.6 Å². The van der Waals surface area contributed by atoms with Crippen LogP contribution >= 0.6 is 0 Å². The van der Waals surface area contributed by atoms with Crippen molar-refractivity contribution in [3.8, 4) is 11.1 Å². The molecule has 0 heterocycles. The summed E-state index contributed by atoms with van der Waals surface area (Å²) in [7, 11) is 4.14. The predicted octanol–water partition coefficient (Wildman–Crippen LogP) is 5.05. The van der Waals surface area contributed by atoms with Crippen LogP contribution in [-0.4, -0.2) is 32.1 Å². The van der Waals surface area contributed by atoms with Crippen molar-refractivity contribution in [2.75, 3.05) is 27.2 Å². The van der Waals surface area contributed by atoms with Gasteiger partial charge in [0.25, 0.3) is 0 Å². The summed E-state index contributed by atoms with van der Waals surface area (Å²) in [5, 5.41) is 3.48. The molecular weight excluding hydrogens is 337 g/mol. The van der Waals surface area contributed by atoms with Gasteiger partial charge in [0.05, 0.1) is 5.56 Å². The first-order valence-electron chi connectivity index (χ1n) is 8.69. The Hall–Kier alpha value is -1.85. The van der Waals surface area contributed by atoms with Gasteiger partial charge in [-0.15, -0.1) is 0 Å². The molecule has 0 bridgehead atoms. The van der Waals surface area contributed by atoms with Gasteiger partial charge in [-0.3, -0.25) is 0 Å². The maximum absolute atomic E-state index is 12.6. The van der Waals surface area contributed by atoms with Gasteiger partial charge in [0.2, 0.25) is 0 Å². The second-order valence-corrected chi connectivity index (χ2v) is 7.78. The van der Waals surface area contributed by atoms with Crippen LogP contribution in [0.25, 0.3) is 11.1 Å². The van der Waals surface area contributed by atoms with Gasteiger partial charge >= 0.3 is 6.18 Å². The molecule has 0 saturated carbocycles. The molecule has 0 radical (unpaired) electrons. The first-order valence-corrected chi connectivity index (χ1v) is 8.69. The molecule has 0 spiro atoms. The number of halogens is 3. The van der Waals surface area contributed by atoms with Crippen molar-refractivity contribution in [3.05, 3.63) is 59.7 Å². The number of nitrogens with zero attached hydrogens (tertiary/aromatic N) is 1. The third-order valence-electron chi connectivity index (χ3n) is 4.18. The molecule has 2 aromatic carbocycles. The average Bonchev–Trinajstić information content (AvgIpc) is 2.53. The third-order valence-corrected chi connectivity index (χ3v) is 4.18. The number of hydrogen-bond acceptors (Lipinski definition) is 2. The zero-order valence-corrected chi connectivity index (χ0v) is 15.8. The van der Waals surface area contributed by atoms with E-state index in [-0.39, 0.29) is 5.41 Å². The Bertz CT molecular complexity index is 687. The molecular formula is C21H27F3N2. The lowest BCUT2D eigenvalue weighted by molar-refractivity contribution is -0.137. The van der Waals surface area contributed by atoms with Gasteiger partial charge in [-0.05, 0) is 48.3 Å². The van der Waals surface area contributed by atoms with Crippen LogP contribution in [0.4, 0.5) is 13.2 Å². The first kappa shape index (κ1) is 20.5. The lowest BCUT2D eigenvalue weighted by Crippen LogP contribution is -2.37. The Kier molecular flexibility index (Phi) is 6.48. The van der Waals surface area contributed by atoms with Gasteiger partial charge in [0.15, 0.2) is 0 Å². The fraction of sp³-hybridized carbons (Fsp3) is 0.429. The normalized spacial score (nSPS) is 12.6. The highest BCUT2D eigenvalue weighted by atomic mass is 19.4. The maximum Gasteiger partial charge on any atom is 0.416 e. The molecule has 0 amide bonds. The summed E-state index contributed by atoms with van der Waals surface area (Å²) in [6, 6.07) is 13.2. The summed E-state index contributed by atoms with van der Waals surface area (Å²) in [6.45, 7) is 7.14. The Morgan fingerprint density at radius 3 is 1.81 bits per heavy atom. The molecule has 2 rings (SSSR count). The fourth-order valence-corrected chi connectivity index (χ4v) is 3.12. The van der Waals surface area contributed by atoms with Crippen LogP contribution in [0.3, 0.4) is 0 Å². The summed E-state index contributed by atoms with van der Waals surface area (Å²) in [5.41, 5.74) is 2.41. The summed E-state index contributed by atoms with van der Waals surface area (Å²) in [5.74, 6) is 0. The molecule has 0 saturated heterocycles. The molecule has 2 nitrogen and oxygen atoms in total. The van der Waals surface area contributed by atoms with Gasteiger partial charge in [-0.2, -0.15) is 13.2 Å². The molecule has 0 aliphatic rings. The molecule has 0 aromatic heterocycles. The average molecular weight is 364 g/mol. The van der Waals surface area contributed by atoms with Crippen LogP contribution in [0.15, 0.2) is 48.5 Å². The molecule has 0 fully saturated rings. The van der Waals surface area contributed by atoms with Crippen LogP contribution in [-0.2, 0) is 12.7 Å². The van der Waals surface area contributed by atoms with E-state index in [0.717, 1.165) is 48.5 Å². The maximum atomic E-state index is 12.6. The van der Waals surface area contributed by atoms with E-state index in [1.54, 1.807) is 0 Å². The van der Waals surface area contributed by atoms with E-state index >= 15 is 0 Å². The Morgan fingerprint density at radius 1 is 0.846 bits per heavy atom. The molecule has 0 atom stereocenters. The van der Waals surface area contributed by atoms with Crippen LogP contribution < -0.4 is 5.32 Å². The summed E-state index contributed by atoms with van der Waals surface area (Å²) in [6.07, 6.45) is -4.30. The summed E-state index contributed by atoms with van der Waals surface area (Å²) >= 11 is 0. The van der Waals surface area contributed by atoms with Crippen molar-refractivity contribution in [2.45, 2.75) is 26.6 Å². The Balaban J connectivity index is 1.94. The van der Waals surface area contributed by atoms with Crippen molar-refractivity contribution in [1.82, 2.24) is 10.2 Å². The molecule has 2 aromatic rings. The number of benzene rings is 2. The predicted molar refractivity (Wildman–Crippen MR) is 101 cm³/mol. The van der Waals surface area contributed by atoms with Crippen molar-refractivity contribution in [3.63, 3.8) is 0 Å². The summed E-state index contributed by atoms with van der Waals surface area (Å²) < 4.78 is 37.9. The summed E-state index contributed by atoms with van der Waals surface area (Å²) in [4.78, 5) is 2.18. The van der Waals surface area contributed by atoms with Crippen molar-refractivity contribution >= 4 is 0 Å². The van der Waals surface area contributed by atoms with E-state index in [1.165, 1.54) is 12.1 Å². The second kappa shape index (κ2) is 8.23. The smallest absolute Gasteiger partial charge is 0.312 e. The van der Waals surface area contributed by atoms with Crippen LogP contribution in [0, 0.1) is 5.41 Å². The Labute approximate surface area is 154 Å². The fourth-order valence-electron chi connectivity index (χ4n) is 3.12. The van der Waals surface area contributed by atoms with E-state index < -0.39 is 11.7 Å². The Morgan fingerprint density at radius 2 is 1.35 bits per heavy atom.